The van der Waals surface area contributed by atoms with E-state index in [-0.39, 0.29) is 0 Å². The zero-order chi connectivity index (χ0) is 10.1. The molecule has 2 aromatic rings. The lowest BCUT2D eigenvalue weighted by molar-refractivity contribution is 0.889. The van der Waals surface area contributed by atoms with Crippen LogP contribution in [-0.2, 0) is 0 Å². The third-order valence-electron chi connectivity index (χ3n) is 1.68. The van der Waals surface area contributed by atoms with E-state index in [1.54, 1.807) is 0 Å². The number of rotatable bonds is 2. The van der Waals surface area contributed by atoms with Gasteiger partial charge in [0.05, 0.1) is 0 Å². The first-order valence-electron chi connectivity index (χ1n) is 4.29. The predicted octanol–water partition coefficient (Wildman–Crippen LogP) is 1.83. The van der Waals surface area contributed by atoms with Crippen LogP contribution in [0.1, 0.15) is 13.8 Å². The molecule has 0 aromatic carbocycles. The molecule has 0 spiro atoms. The van der Waals surface area contributed by atoms with Crippen molar-refractivity contribution in [2.45, 2.75) is 19.9 Å². The Kier molecular flexibility index (Phi) is 2.25. The summed E-state index contributed by atoms with van der Waals surface area (Å²) in [5, 5.41) is 3.50. The fourth-order valence-electron chi connectivity index (χ4n) is 1.18. The van der Waals surface area contributed by atoms with Crippen LogP contribution in [-0.4, -0.2) is 26.0 Å². The van der Waals surface area contributed by atoms with Crippen LogP contribution in [0.25, 0.3) is 11.2 Å². The summed E-state index contributed by atoms with van der Waals surface area (Å²) in [4.78, 5) is 15.0. The fourth-order valence-corrected chi connectivity index (χ4v) is 1.35. The second-order valence-corrected chi connectivity index (χ2v) is 3.60. The molecule has 14 heavy (non-hydrogen) atoms. The molecule has 0 aliphatic heterocycles. The molecule has 0 atom stereocenters. The van der Waals surface area contributed by atoms with Crippen molar-refractivity contribution >= 4 is 28.6 Å². The predicted molar refractivity (Wildman–Crippen MR) is 55.5 cm³/mol. The zero-order valence-corrected chi connectivity index (χ0v) is 8.63. The number of aromatic nitrogens is 4. The van der Waals surface area contributed by atoms with Gasteiger partial charge in [-0.05, 0) is 25.4 Å². The summed E-state index contributed by atoms with van der Waals surface area (Å²) in [6.45, 7) is 4.06. The quantitative estimate of drug-likeness (QED) is 0.744. The van der Waals surface area contributed by atoms with Crippen molar-refractivity contribution in [2.75, 3.05) is 5.32 Å². The van der Waals surface area contributed by atoms with Gasteiger partial charge in [0.25, 0.3) is 0 Å². The summed E-state index contributed by atoms with van der Waals surface area (Å²) in [5.41, 5.74) is 1.32. The van der Waals surface area contributed by atoms with Gasteiger partial charge >= 0.3 is 0 Å². The van der Waals surface area contributed by atoms with Crippen molar-refractivity contribution in [3.63, 3.8) is 0 Å². The third kappa shape index (κ3) is 1.63. The van der Waals surface area contributed by atoms with Crippen LogP contribution < -0.4 is 5.32 Å². The molecule has 0 amide bonds. The minimum atomic E-state index is 0.295. The van der Waals surface area contributed by atoms with Crippen molar-refractivity contribution in [1.82, 2.24) is 19.9 Å². The highest BCUT2D eigenvalue weighted by Gasteiger charge is 2.08. The van der Waals surface area contributed by atoms with E-state index < -0.39 is 0 Å². The molecular weight excluding hydrogens is 202 g/mol. The van der Waals surface area contributed by atoms with Gasteiger partial charge in [0.1, 0.15) is 6.33 Å². The molecule has 2 rings (SSSR count). The van der Waals surface area contributed by atoms with Crippen LogP contribution in [0.3, 0.4) is 0 Å². The molecule has 0 fully saturated rings. The van der Waals surface area contributed by atoms with Crippen molar-refractivity contribution in [3.05, 3.63) is 11.6 Å². The van der Waals surface area contributed by atoms with Gasteiger partial charge in [0, 0.05) is 6.04 Å². The van der Waals surface area contributed by atoms with Gasteiger partial charge in [-0.25, -0.2) is 15.0 Å². The number of aromatic amines is 1. The molecule has 0 unspecified atom stereocenters. The normalized spacial score (nSPS) is 11.1. The number of imidazole rings is 1. The van der Waals surface area contributed by atoms with Crippen molar-refractivity contribution in [2.24, 2.45) is 0 Å². The Morgan fingerprint density at radius 1 is 1.43 bits per heavy atom. The molecule has 0 saturated carbocycles. The summed E-state index contributed by atoms with van der Waals surface area (Å²) in [6.07, 6.45) is 1.47. The Labute approximate surface area is 85.9 Å². The highest BCUT2D eigenvalue weighted by Crippen LogP contribution is 2.18. The summed E-state index contributed by atoms with van der Waals surface area (Å²) < 4.78 is 0. The molecule has 0 aliphatic carbocycles. The number of fused-ring (bicyclic) bond motifs is 1. The van der Waals surface area contributed by atoms with Crippen LogP contribution in [0.4, 0.5) is 5.82 Å². The van der Waals surface area contributed by atoms with Crippen LogP contribution in [0, 0.1) is 0 Å². The number of nitrogens with one attached hydrogen (secondary N) is 2. The Balaban J connectivity index is 2.53. The van der Waals surface area contributed by atoms with E-state index in [1.807, 2.05) is 13.8 Å². The number of nitrogens with zero attached hydrogens (tertiary/aromatic N) is 3. The van der Waals surface area contributed by atoms with Crippen molar-refractivity contribution in [1.29, 1.82) is 0 Å². The minimum absolute atomic E-state index is 0.295. The monoisotopic (exact) mass is 211 g/mol. The highest BCUT2D eigenvalue weighted by molar-refractivity contribution is 6.29. The maximum Gasteiger partial charge on any atom is 0.202 e. The van der Waals surface area contributed by atoms with Gasteiger partial charge in [0.15, 0.2) is 17.0 Å². The second-order valence-electron chi connectivity index (χ2n) is 3.25. The summed E-state index contributed by atoms with van der Waals surface area (Å²) in [5.74, 6) is 0.702. The first kappa shape index (κ1) is 9.21. The molecule has 74 valence electrons. The lowest BCUT2D eigenvalue weighted by atomic mass is 10.4. The average Bonchev–Trinajstić information content (AvgIpc) is 2.45. The van der Waals surface area contributed by atoms with Crippen LogP contribution in [0.15, 0.2) is 6.33 Å². The van der Waals surface area contributed by atoms with Gasteiger partial charge in [-0.15, -0.1) is 0 Å². The van der Waals surface area contributed by atoms with E-state index >= 15 is 0 Å². The maximum absolute atomic E-state index is 5.73. The molecule has 0 saturated heterocycles. The molecular formula is C8H10ClN5. The van der Waals surface area contributed by atoms with E-state index in [0.717, 1.165) is 0 Å². The van der Waals surface area contributed by atoms with E-state index in [4.69, 9.17) is 11.6 Å². The fraction of sp³-hybridized carbons (Fsp3) is 0.375. The van der Waals surface area contributed by atoms with Crippen LogP contribution in [0.5, 0.6) is 0 Å². The SMILES string of the molecule is CC(C)Nc1ncnc2[nH]c(Cl)nc12. The highest BCUT2D eigenvalue weighted by atomic mass is 35.5. The standard InChI is InChI=1S/C8H10ClN5/c1-4(2)12-6-5-7(11-3-10-6)14-8(9)13-5/h3-4H,1-2H3,(H2,10,11,12,13,14). The summed E-state index contributed by atoms with van der Waals surface area (Å²) in [7, 11) is 0. The number of H-pyrrole nitrogens is 1. The maximum atomic E-state index is 5.73. The zero-order valence-electron chi connectivity index (χ0n) is 7.87. The van der Waals surface area contributed by atoms with Gasteiger partial charge in [-0.2, -0.15) is 0 Å². The minimum Gasteiger partial charge on any atom is -0.366 e. The molecule has 0 aliphatic rings. The van der Waals surface area contributed by atoms with Crippen LogP contribution in [0.2, 0.25) is 5.28 Å². The summed E-state index contributed by atoms with van der Waals surface area (Å²) in [6, 6.07) is 0.295. The van der Waals surface area contributed by atoms with E-state index in [1.165, 1.54) is 6.33 Å². The first-order chi connectivity index (χ1) is 6.66. The number of hydrogen-bond donors (Lipinski definition) is 2. The van der Waals surface area contributed by atoms with Gasteiger partial charge < -0.3 is 10.3 Å². The molecule has 0 radical (unpaired) electrons. The molecule has 2 aromatic heterocycles. The van der Waals surface area contributed by atoms with Gasteiger partial charge in [0.2, 0.25) is 5.28 Å². The number of hydrogen-bond acceptors (Lipinski definition) is 4. The molecule has 6 heteroatoms. The van der Waals surface area contributed by atoms with Crippen molar-refractivity contribution in [3.8, 4) is 0 Å². The van der Waals surface area contributed by atoms with Gasteiger partial charge in [-0.3, -0.25) is 0 Å². The Hall–Kier alpha value is -1.36. The summed E-state index contributed by atoms with van der Waals surface area (Å²) >= 11 is 5.73. The third-order valence-corrected chi connectivity index (χ3v) is 1.86. The molecule has 5 nitrogen and oxygen atoms in total. The van der Waals surface area contributed by atoms with E-state index in [2.05, 4.69) is 25.3 Å². The molecule has 2 heterocycles. The lowest BCUT2D eigenvalue weighted by Crippen LogP contribution is -2.11. The smallest absolute Gasteiger partial charge is 0.202 e. The Morgan fingerprint density at radius 3 is 2.93 bits per heavy atom. The lowest BCUT2D eigenvalue weighted by Gasteiger charge is -2.07. The average molecular weight is 212 g/mol. The molecule has 0 bridgehead atoms. The second kappa shape index (κ2) is 3.42. The van der Waals surface area contributed by atoms with Gasteiger partial charge in [-0.1, -0.05) is 0 Å². The molecule has 2 N–H and O–H groups in total. The van der Waals surface area contributed by atoms with E-state index in [0.29, 0.717) is 28.3 Å². The van der Waals surface area contributed by atoms with Crippen LogP contribution >= 0.6 is 11.6 Å². The topological polar surface area (TPSA) is 66.5 Å². The van der Waals surface area contributed by atoms with E-state index in [9.17, 15) is 0 Å². The number of anilines is 1. The number of halogens is 1. The largest absolute Gasteiger partial charge is 0.366 e. The Bertz CT molecular complexity index is 450. The Morgan fingerprint density at radius 2 is 2.21 bits per heavy atom. The first-order valence-corrected chi connectivity index (χ1v) is 4.67. The van der Waals surface area contributed by atoms with Crippen molar-refractivity contribution < 1.29 is 0 Å².